The minimum absolute atomic E-state index is 0.390. The Balaban J connectivity index is 1.08. The first-order valence-electron chi connectivity index (χ1n) is 17.4. The van der Waals surface area contributed by atoms with Crippen LogP contribution in [0.4, 0.5) is 0 Å². The maximum Gasteiger partial charge on any atom is 0.0717 e. The van der Waals surface area contributed by atoms with Crippen LogP contribution in [0.5, 0.6) is 0 Å². The second kappa shape index (κ2) is 13.9. The summed E-state index contributed by atoms with van der Waals surface area (Å²) < 4.78 is 12.2. The Kier molecular flexibility index (Phi) is 10.6. The first-order chi connectivity index (χ1) is 19.8. The highest BCUT2D eigenvalue weighted by atomic mass is 16.5. The number of hydrogen-bond donors (Lipinski definition) is 0. The zero-order chi connectivity index (χ0) is 28.9. The molecule has 0 aliphatic heterocycles. The van der Waals surface area contributed by atoms with E-state index in [0.29, 0.717) is 23.5 Å². The van der Waals surface area contributed by atoms with E-state index in [-0.39, 0.29) is 0 Å². The Morgan fingerprint density at radius 3 is 2.56 bits per heavy atom. The summed E-state index contributed by atoms with van der Waals surface area (Å²) in [5.41, 5.74) is 3.98. The normalized spacial score (nSPS) is 35.7. The van der Waals surface area contributed by atoms with Crippen LogP contribution < -0.4 is 0 Å². The van der Waals surface area contributed by atoms with Gasteiger partial charge in [0.05, 0.1) is 25.9 Å². The highest BCUT2D eigenvalue weighted by Gasteiger charge is 2.59. The number of hydrogen-bond acceptors (Lipinski definition) is 2. The number of fused-ring (bicyclic) bond motifs is 5. The van der Waals surface area contributed by atoms with Gasteiger partial charge in [-0.25, -0.2) is 0 Å². The molecular formula is C39H60O2. The summed E-state index contributed by atoms with van der Waals surface area (Å²) in [6, 6.07) is 10.4. The van der Waals surface area contributed by atoms with E-state index in [1.165, 1.54) is 69.8 Å². The van der Waals surface area contributed by atoms with Gasteiger partial charge < -0.3 is 9.47 Å². The van der Waals surface area contributed by atoms with E-state index in [2.05, 4.69) is 77.1 Å². The van der Waals surface area contributed by atoms with E-state index in [0.717, 1.165) is 61.6 Å². The van der Waals surface area contributed by atoms with Crippen LogP contribution in [-0.4, -0.2) is 19.3 Å². The minimum atomic E-state index is 0.390. The van der Waals surface area contributed by atoms with Crippen molar-refractivity contribution in [3.05, 3.63) is 59.7 Å². The molecule has 0 saturated heterocycles. The van der Waals surface area contributed by atoms with E-state index in [4.69, 9.17) is 9.47 Å². The average molecular weight is 561 g/mol. The third-order valence-electron chi connectivity index (χ3n) is 12.4. The summed E-state index contributed by atoms with van der Waals surface area (Å²) in [6.45, 7) is 14.9. The second-order valence-electron chi connectivity index (χ2n) is 15.3. The number of ether oxygens (including phenoxy) is 2. The van der Waals surface area contributed by atoms with Crippen LogP contribution in [0, 0.1) is 46.3 Å². The maximum atomic E-state index is 6.39. The molecule has 0 bridgehead atoms. The average Bonchev–Trinajstić information content (AvgIpc) is 3.32. The van der Waals surface area contributed by atoms with Gasteiger partial charge in [-0.05, 0) is 110 Å². The van der Waals surface area contributed by atoms with Crippen molar-refractivity contribution in [1.82, 2.24) is 0 Å². The SMILES string of the molecule is CC(C)CCC[C@@H](C)[C@H]1CCC2C3CC=C4C[C@@H](OC/C=C/CCOCc5ccccc5)CC[C@]4(C)C3CC[C@@]21C. The van der Waals surface area contributed by atoms with Crippen LogP contribution >= 0.6 is 0 Å². The van der Waals surface area contributed by atoms with Crippen molar-refractivity contribution in [2.24, 2.45) is 46.3 Å². The monoisotopic (exact) mass is 560 g/mol. The standard InChI is InChI=1S/C39H60O2/c1-29(2)13-12-14-30(3)35-19-20-36-34-18-17-32-27-33(21-23-38(32,4)37(34)22-24-39(35,36)5)41-26-11-7-10-25-40-28-31-15-8-6-9-16-31/h6-9,11,15-17,29-30,33-37H,10,12-14,18-28H2,1-5H3/b11-7+/t30-,33+,34?,35-,36?,37?,38+,39-/m1/s1. The molecule has 2 heteroatoms. The molecule has 4 aliphatic carbocycles. The van der Waals surface area contributed by atoms with Crippen molar-refractivity contribution < 1.29 is 9.47 Å². The molecule has 3 saturated carbocycles. The molecule has 5 rings (SSSR count). The lowest BCUT2D eigenvalue weighted by molar-refractivity contribution is -0.0621. The van der Waals surface area contributed by atoms with Crippen molar-refractivity contribution in [3.63, 3.8) is 0 Å². The van der Waals surface area contributed by atoms with Crippen LogP contribution in [-0.2, 0) is 16.1 Å². The molecule has 0 spiro atoms. The number of benzene rings is 1. The van der Waals surface area contributed by atoms with Crippen molar-refractivity contribution >= 4 is 0 Å². The fourth-order valence-electron chi connectivity index (χ4n) is 10.1. The summed E-state index contributed by atoms with van der Waals surface area (Å²) >= 11 is 0. The molecule has 1 aromatic rings. The molecule has 2 nitrogen and oxygen atoms in total. The van der Waals surface area contributed by atoms with E-state index in [1.54, 1.807) is 5.57 Å². The quantitative estimate of drug-likeness (QED) is 0.176. The zero-order valence-corrected chi connectivity index (χ0v) is 27.1. The van der Waals surface area contributed by atoms with Crippen LogP contribution in [0.25, 0.3) is 0 Å². The lowest BCUT2D eigenvalue weighted by atomic mass is 9.47. The Morgan fingerprint density at radius 2 is 1.76 bits per heavy atom. The Bertz CT molecular complexity index is 1010. The fraction of sp³-hybridized carbons (Fsp3) is 0.744. The lowest BCUT2D eigenvalue weighted by Gasteiger charge is -2.58. The largest absolute Gasteiger partial charge is 0.376 e. The summed E-state index contributed by atoms with van der Waals surface area (Å²) in [5, 5.41) is 0. The molecule has 0 amide bonds. The van der Waals surface area contributed by atoms with Gasteiger partial charge in [0.25, 0.3) is 0 Å². The van der Waals surface area contributed by atoms with Gasteiger partial charge in [0.1, 0.15) is 0 Å². The van der Waals surface area contributed by atoms with Gasteiger partial charge in [0.2, 0.25) is 0 Å². The van der Waals surface area contributed by atoms with Crippen LogP contribution in [0.1, 0.15) is 117 Å². The van der Waals surface area contributed by atoms with E-state index < -0.39 is 0 Å². The Hall–Kier alpha value is -1.38. The Labute approximate surface area is 252 Å². The summed E-state index contributed by atoms with van der Waals surface area (Å²) in [7, 11) is 0. The third kappa shape index (κ3) is 7.06. The lowest BCUT2D eigenvalue weighted by Crippen LogP contribution is -2.51. The first kappa shape index (κ1) is 31.1. The highest BCUT2D eigenvalue weighted by Crippen LogP contribution is 2.67. The van der Waals surface area contributed by atoms with Gasteiger partial charge >= 0.3 is 0 Å². The third-order valence-corrected chi connectivity index (χ3v) is 12.4. The molecule has 228 valence electrons. The number of allylic oxidation sites excluding steroid dienone is 1. The fourth-order valence-corrected chi connectivity index (χ4v) is 10.1. The van der Waals surface area contributed by atoms with E-state index >= 15 is 0 Å². The maximum absolute atomic E-state index is 6.39. The minimum Gasteiger partial charge on any atom is -0.376 e. The van der Waals surface area contributed by atoms with Crippen LogP contribution in [0.15, 0.2) is 54.1 Å². The van der Waals surface area contributed by atoms with Crippen LogP contribution in [0.2, 0.25) is 0 Å². The topological polar surface area (TPSA) is 18.5 Å². The van der Waals surface area contributed by atoms with Crippen LogP contribution in [0.3, 0.4) is 0 Å². The molecule has 3 unspecified atom stereocenters. The predicted octanol–water partition coefficient (Wildman–Crippen LogP) is 10.6. The summed E-state index contributed by atoms with van der Waals surface area (Å²) in [6.07, 6.45) is 23.7. The summed E-state index contributed by atoms with van der Waals surface area (Å²) in [4.78, 5) is 0. The second-order valence-corrected chi connectivity index (χ2v) is 15.3. The molecule has 1 aromatic carbocycles. The molecular weight excluding hydrogens is 500 g/mol. The molecule has 0 radical (unpaired) electrons. The molecule has 0 aromatic heterocycles. The molecule has 8 atom stereocenters. The molecule has 0 N–H and O–H groups in total. The van der Waals surface area contributed by atoms with E-state index in [1.807, 2.05) is 6.07 Å². The highest BCUT2D eigenvalue weighted by molar-refractivity contribution is 5.25. The summed E-state index contributed by atoms with van der Waals surface area (Å²) in [5.74, 6) is 5.46. The van der Waals surface area contributed by atoms with Crippen molar-refractivity contribution in [3.8, 4) is 0 Å². The van der Waals surface area contributed by atoms with Gasteiger partial charge in [-0.2, -0.15) is 0 Å². The first-order valence-corrected chi connectivity index (χ1v) is 17.4. The van der Waals surface area contributed by atoms with Gasteiger partial charge in [-0.15, -0.1) is 0 Å². The number of rotatable bonds is 13. The predicted molar refractivity (Wildman–Crippen MR) is 173 cm³/mol. The molecule has 0 heterocycles. The molecule has 4 aliphatic rings. The van der Waals surface area contributed by atoms with Gasteiger partial charge in [-0.3, -0.25) is 0 Å². The smallest absolute Gasteiger partial charge is 0.0717 e. The Morgan fingerprint density at radius 1 is 0.927 bits per heavy atom. The zero-order valence-electron chi connectivity index (χ0n) is 27.1. The van der Waals surface area contributed by atoms with Gasteiger partial charge in [0, 0.05) is 0 Å². The van der Waals surface area contributed by atoms with Gasteiger partial charge in [-0.1, -0.05) is 108 Å². The van der Waals surface area contributed by atoms with Crippen molar-refractivity contribution in [2.45, 2.75) is 124 Å². The van der Waals surface area contributed by atoms with E-state index in [9.17, 15) is 0 Å². The van der Waals surface area contributed by atoms with Crippen molar-refractivity contribution in [1.29, 1.82) is 0 Å². The van der Waals surface area contributed by atoms with Gasteiger partial charge in [0.15, 0.2) is 0 Å². The molecule has 3 fully saturated rings. The molecule has 41 heavy (non-hydrogen) atoms. The van der Waals surface area contributed by atoms with Crippen molar-refractivity contribution in [2.75, 3.05) is 13.2 Å².